The summed E-state index contributed by atoms with van der Waals surface area (Å²) in [5, 5.41) is 9.24. The van der Waals surface area contributed by atoms with E-state index in [9.17, 15) is 9.59 Å². The summed E-state index contributed by atoms with van der Waals surface area (Å²) in [6.07, 6.45) is 2.84. The third kappa shape index (κ3) is 5.44. The van der Waals surface area contributed by atoms with Gasteiger partial charge in [0.2, 0.25) is 11.7 Å². The zero-order valence-corrected chi connectivity index (χ0v) is 20.1. The highest BCUT2D eigenvalue weighted by atomic mass is 32.2. The molecule has 0 radical (unpaired) electrons. The van der Waals surface area contributed by atoms with Crippen molar-refractivity contribution in [3.63, 3.8) is 0 Å². The van der Waals surface area contributed by atoms with Crippen molar-refractivity contribution in [3.8, 4) is 23.0 Å². The van der Waals surface area contributed by atoms with Gasteiger partial charge in [0, 0.05) is 13.1 Å². The summed E-state index contributed by atoms with van der Waals surface area (Å²) in [6, 6.07) is 11.2. The number of carbonyl (C=O) groups is 2. The highest BCUT2D eigenvalue weighted by Crippen LogP contribution is 2.29. The molecule has 34 heavy (non-hydrogen) atoms. The van der Waals surface area contributed by atoms with Gasteiger partial charge in [-0.2, -0.15) is 0 Å². The first-order valence-corrected chi connectivity index (χ1v) is 12.4. The van der Waals surface area contributed by atoms with Crippen LogP contribution in [0.15, 0.2) is 52.2 Å². The number of benzene rings is 1. The molecule has 9 nitrogen and oxygen atoms in total. The van der Waals surface area contributed by atoms with Crippen LogP contribution in [-0.4, -0.2) is 63.6 Å². The second kappa shape index (κ2) is 11.2. The monoisotopic (exact) mass is 484 g/mol. The van der Waals surface area contributed by atoms with E-state index in [2.05, 4.69) is 10.2 Å². The molecule has 0 N–H and O–H groups in total. The van der Waals surface area contributed by atoms with Crippen LogP contribution >= 0.6 is 11.8 Å². The number of esters is 1. The van der Waals surface area contributed by atoms with Crippen LogP contribution in [0.2, 0.25) is 0 Å². The predicted octanol–water partition coefficient (Wildman–Crippen LogP) is 3.82. The van der Waals surface area contributed by atoms with E-state index in [0.29, 0.717) is 55.9 Å². The SMILES string of the molecule is CCOC(=O)C1CCN(C(=O)CSc2nnc(-c3ccco3)n2-c2ccc(OCC)cc2)CC1. The fraction of sp³-hybridized carbons (Fsp3) is 0.417. The number of carbonyl (C=O) groups excluding carboxylic acids is 2. The van der Waals surface area contributed by atoms with Crippen LogP contribution in [0.1, 0.15) is 26.7 Å². The van der Waals surface area contributed by atoms with Gasteiger partial charge >= 0.3 is 5.97 Å². The molecule has 1 aliphatic rings. The number of rotatable bonds is 9. The molecule has 4 rings (SSSR count). The summed E-state index contributed by atoms with van der Waals surface area (Å²) in [7, 11) is 0. The number of ether oxygens (including phenoxy) is 2. The molecule has 0 spiro atoms. The zero-order valence-electron chi connectivity index (χ0n) is 19.3. The molecule has 0 aliphatic carbocycles. The van der Waals surface area contributed by atoms with Gasteiger partial charge in [-0.25, -0.2) is 0 Å². The minimum Gasteiger partial charge on any atom is -0.494 e. The van der Waals surface area contributed by atoms with Crippen molar-refractivity contribution in [1.82, 2.24) is 19.7 Å². The van der Waals surface area contributed by atoms with Crippen LogP contribution < -0.4 is 4.74 Å². The second-order valence-corrected chi connectivity index (χ2v) is 8.68. The predicted molar refractivity (Wildman–Crippen MR) is 127 cm³/mol. The first-order chi connectivity index (χ1) is 16.6. The van der Waals surface area contributed by atoms with Gasteiger partial charge in [0.05, 0.1) is 36.8 Å². The number of hydrogen-bond donors (Lipinski definition) is 0. The Kier molecular flexibility index (Phi) is 7.89. The average molecular weight is 485 g/mol. The van der Waals surface area contributed by atoms with E-state index < -0.39 is 0 Å². The van der Waals surface area contributed by atoms with Crippen molar-refractivity contribution in [2.75, 3.05) is 32.1 Å². The number of hydrogen-bond acceptors (Lipinski definition) is 8. The summed E-state index contributed by atoms with van der Waals surface area (Å²) >= 11 is 1.33. The molecule has 0 saturated carbocycles. The molecule has 1 fully saturated rings. The van der Waals surface area contributed by atoms with Crippen LogP contribution in [0.4, 0.5) is 0 Å². The number of aromatic nitrogens is 3. The summed E-state index contributed by atoms with van der Waals surface area (Å²) in [5.41, 5.74) is 0.838. The Bertz CT molecular complexity index is 1090. The summed E-state index contributed by atoms with van der Waals surface area (Å²) in [5.74, 6) is 1.84. The van der Waals surface area contributed by atoms with Gasteiger partial charge in [0.25, 0.3) is 0 Å². The lowest BCUT2D eigenvalue weighted by atomic mass is 9.97. The number of furan rings is 1. The van der Waals surface area contributed by atoms with Crippen LogP contribution in [0.25, 0.3) is 17.3 Å². The smallest absolute Gasteiger partial charge is 0.309 e. The summed E-state index contributed by atoms with van der Waals surface area (Å²) < 4.78 is 18.1. The minimum absolute atomic E-state index is 0.00750. The zero-order chi connectivity index (χ0) is 23.9. The maximum atomic E-state index is 12.9. The Hall–Kier alpha value is -3.27. The lowest BCUT2D eigenvalue weighted by Crippen LogP contribution is -2.41. The largest absolute Gasteiger partial charge is 0.494 e. The minimum atomic E-state index is -0.169. The van der Waals surface area contributed by atoms with Crippen molar-refractivity contribution in [3.05, 3.63) is 42.7 Å². The van der Waals surface area contributed by atoms with Gasteiger partial charge < -0.3 is 18.8 Å². The molecule has 0 unspecified atom stereocenters. The van der Waals surface area contributed by atoms with Crippen LogP contribution in [0.3, 0.4) is 0 Å². The number of nitrogens with zero attached hydrogens (tertiary/aromatic N) is 4. The summed E-state index contributed by atoms with van der Waals surface area (Å²) in [4.78, 5) is 26.6. The quantitative estimate of drug-likeness (QED) is 0.334. The van der Waals surface area contributed by atoms with Gasteiger partial charge in [0.1, 0.15) is 5.75 Å². The van der Waals surface area contributed by atoms with Gasteiger partial charge in [-0.3, -0.25) is 14.2 Å². The molecule has 1 amide bonds. The maximum Gasteiger partial charge on any atom is 0.309 e. The fourth-order valence-corrected chi connectivity index (χ4v) is 4.72. The number of likely N-dealkylation sites (tertiary alicyclic amines) is 1. The highest BCUT2D eigenvalue weighted by Gasteiger charge is 2.28. The van der Waals surface area contributed by atoms with E-state index >= 15 is 0 Å². The van der Waals surface area contributed by atoms with E-state index in [1.54, 1.807) is 24.2 Å². The Morgan fingerprint density at radius 2 is 1.85 bits per heavy atom. The Morgan fingerprint density at radius 1 is 1.09 bits per heavy atom. The number of piperidine rings is 1. The Balaban J connectivity index is 1.46. The fourth-order valence-electron chi connectivity index (χ4n) is 3.86. The first-order valence-electron chi connectivity index (χ1n) is 11.4. The van der Waals surface area contributed by atoms with Crippen molar-refractivity contribution in [2.24, 2.45) is 5.92 Å². The van der Waals surface area contributed by atoms with E-state index in [1.807, 2.05) is 41.8 Å². The third-order valence-electron chi connectivity index (χ3n) is 5.57. The van der Waals surface area contributed by atoms with E-state index in [0.717, 1.165) is 11.4 Å². The number of thioether (sulfide) groups is 1. The molecule has 0 atom stereocenters. The molecule has 3 aromatic rings. The van der Waals surface area contributed by atoms with Gasteiger partial charge in [-0.05, 0) is 63.1 Å². The van der Waals surface area contributed by atoms with Gasteiger partial charge in [0.15, 0.2) is 10.9 Å². The number of amides is 1. The normalized spacial score (nSPS) is 14.2. The van der Waals surface area contributed by atoms with Crippen LogP contribution in [0.5, 0.6) is 5.75 Å². The molecule has 1 saturated heterocycles. The van der Waals surface area contributed by atoms with Gasteiger partial charge in [-0.15, -0.1) is 10.2 Å². The maximum absolute atomic E-state index is 12.9. The average Bonchev–Trinajstić information content (AvgIpc) is 3.53. The second-order valence-electron chi connectivity index (χ2n) is 7.74. The lowest BCUT2D eigenvalue weighted by molar-refractivity contribution is -0.151. The summed E-state index contributed by atoms with van der Waals surface area (Å²) in [6.45, 7) is 5.80. The van der Waals surface area contributed by atoms with Crippen LogP contribution in [-0.2, 0) is 14.3 Å². The molecule has 2 aromatic heterocycles. The highest BCUT2D eigenvalue weighted by molar-refractivity contribution is 7.99. The molecular weight excluding hydrogens is 456 g/mol. The molecule has 3 heterocycles. The van der Waals surface area contributed by atoms with Crippen LogP contribution in [0, 0.1) is 5.92 Å². The van der Waals surface area contributed by atoms with E-state index in [4.69, 9.17) is 13.9 Å². The van der Waals surface area contributed by atoms with Crippen molar-refractivity contribution in [1.29, 1.82) is 0 Å². The topological polar surface area (TPSA) is 99.7 Å². The first kappa shape index (κ1) is 23.9. The van der Waals surface area contributed by atoms with E-state index in [-0.39, 0.29) is 23.5 Å². The standard InChI is InChI=1S/C24H28N4O5S/c1-3-31-19-9-7-18(8-10-19)28-22(20-6-5-15-33-20)25-26-24(28)34-16-21(29)27-13-11-17(12-14-27)23(30)32-4-2/h5-10,15,17H,3-4,11-14,16H2,1-2H3. The van der Waals surface area contributed by atoms with Crippen molar-refractivity contribution in [2.45, 2.75) is 31.8 Å². The molecule has 180 valence electrons. The van der Waals surface area contributed by atoms with Gasteiger partial charge in [-0.1, -0.05) is 11.8 Å². The van der Waals surface area contributed by atoms with Crippen molar-refractivity contribution >= 4 is 23.6 Å². The third-order valence-corrected chi connectivity index (χ3v) is 6.49. The molecule has 1 aromatic carbocycles. The molecule has 10 heteroatoms. The Labute approximate surface area is 202 Å². The van der Waals surface area contributed by atoms with E-state index in [1.165, 1.54) is 11.8 Å². The molecule has 1 aliphatic heterocycles. The molecular formula is C24H28N4O5S. The Morgan fingerprint density at radius 3 is 2.50 bits per heavy atom. The lowest BCUT2D eigenvalue weighted by Gasteiger charge is -2.30. The molecule has 0 bridgehead atoms. The van der Waals surface area contributed by atoms with Crippen molar-refractivity contribution < 1.29 is 23.5 Å².